The van der Waals surface area contributed by atoms with Crippen LogP contribution in [0.15, 0.2) is 30.5 Å². The van der Waals surface area contributed by atoms with E-state index in [0.29, 0.717) is 5.69 Å². The van der Waals surface area contributed by atoms with E-state index in [9.17, 15) is 4.79 Å². The number of nitrogens with one attached hydrogen (secondary N) is 1. The van der Waals surface area contributed by atoms with Crippen molar-refractivity contribution in [1.29, 1.82) is 0 Å². The molecule has 0 aliphatic rings. The van der Waals surface area contributed by atoms with Crippen LogP contribution in [0.4, 0.5) is 5.69 Å². The molecule has 2 aromatic rings. The molecule has 1 amide bonds. The highest BCUT2D eigenvalue weighted by Gasteiger charge is 2.18. The Balaban J connectivity index is 1.98. The van der Waals surface area contributed by atoms with E-state index in [1.54, 1.807) is 6.20 Å². The summed E-state index contributed by atoms with van der Waals surface area (Å²) in [5.74, 6) is -0.153. The molecule has 0 aliphatic heterocycles. The molecule has 0 radical (unpaired) electrons. The van der Waals surface area contributed by atoms with Gasteiger partial charge in [-0.3, -0.25) is 4.79 Å². The molecule has 1 heterocycles. The lowest BCUT2D eigenvalue weighted by Gasteiger charge is -2.13. The summed E-state index contributed by atoms with van der Waals surface area (Å²) < 4.78 is 1.48. The lowest BCUT2D eigenvalue weighted by molar-refractivity contribution is -0.116. The summed E-state index contributed by atoms with van der Waals surface area (Å²) in [5, 5.41) is 10.7. The van der Waals surface area contributed by atoms with Crippen molar-refractivity contribution in [3.63, 3.8) is 0 Å². The Bertz CT molecular complexity index is 595. The third-order valence-electron chi connectivity index (χ3n) is 2.84. The van der Waals surface area contributed by atoms with Crippen molar-refractivity contribution >= 4 is 11.6 Å². The van der Waals surface area contributed by atoms with Gasteiger partial charge in [0.05, 0.1) is 11.7 Å². The van der Waals surface area contributed by atoms with Crippen LogP contribution in [0.2, 0.25) is 0 Å². The van der Waals surface area contributed by atoms with E-state index in [4.69, 9.17) is 5.73 Å². The first-order valence-corrected chi connectivity index (χ1v) is 6.40. The van der Waals surface area contributed by atoms with E-state index in [1.807, 2.05) is 45.0 Å². The van der Waals surface area contributed by atoms with Gasteiger partial charge in [0.15, 0.2) is 0 Å². The number of nitrogens with zero attached hydrogens (tertiary/aromatic N) is 3. The number of amides is 1. The molecule has 0 spiro atoms. The Labute approximate surface area is 118 Å². The number of benzene rings is 1. The standard InChI is InChI=1S/C14H19N5O/c1-10-4-6-11(7-5-10)16-13(20)9-19-8-12(17-18-19)14(2,3)15/h4-8H,9,15H2,1-3H3,(H,16,20). The minimum Gasteiger partial charge on any atom is -0.324 e. The van der Waals surface area contributed by atoms with Crippen LogP contribution in [0.5, 0.6) is 0 Å². The summed E-state index contributed by atoms with van der Waals surface area (Å²) >= 11 is 0. The van der Waals surface area contributed by atoms with Crippen molar-refractivity contribution in [2.24, 2.45) is 5.73 Å². The molecule has 0 fully saturated rings. The van der Waals surface area contributed by atoms with Crippen LogP contribution >= 0.6 is 0 Å². The van der Waals surface area contributed by atoms with Crippen LogP contribution in [-0.2, 0) is 16.9 Å². The number of anilines is 1. The fraction of sp³-hybridized carbons (Fsp3) is 0.357. The maximum atomic E-state index is 11.9. The summed E-state index contributed by atoms with van der Waals surface area (Å²) in [6, 6.07) is 7.62. The number of nitrogens with two attached hydrogens (primary N) is 1. The van der Waals surface area contributed by atoms with E-state index in [0.717, 1.165) is 11.3 Å². The van der Waals surface area contributed by atoms with Crippen molar-refractivity contribution in [1.82, 2.24) is 15.0 Å². The Kier molecular flexibility index (Phi) is 3.85. The molecule has 1 aromatic heterocycles. The molecular weight excluding hydrogens is 254 g/mol. The van der Waals surface area contributed by atoms with Crippen LogP contribution in [0, 0.1) is 6.92 Å². The Hall–Kier alpha value is -2.21. The molecule has 6 nitrogen and oxygen atoms in total. The minimum atomic E-state index is -0.564. The van der Waals surface area contributed by atoms with E-state index in [-0.39, 0.29) is 12.5 Å². The molecular formula is C14H19N5O. The fourth-order valence-electron chi connectivity index (χ4n) is 1.66. The molecule has 2 rings (SSSR count). The third-order valence-corrected chi connectivity index (χ3v) is 2.84. The lowest BCUT2D eigenvalue weighted by atomic mass is 10.0. The summed E-state index contributed by atoms with van der Waals surface area (Å²) in [6.07, 6.45) is 1.69. The highest BCUT2D eigenvalue weighted by molar-refractivity contribution is 5.90. The van der Waals surface area contributed by atoms with Crippen LogP contribution in [0.1, 0.15) is 25.1 Å². The molecule has 0 atom stereocenters. The van der Waals surface area contributed by atoms with Gasteiger partial charge >= 0.3 is 0 Å². The van der Waals surface area contributed by atoms with Gasteiger partial charge in [-0.2, -0.15) is 0 Å². The van der Waals surface area contributed by atoms with Crippen LogP contribution < -0.4 is 11.1 Å². The van der Waals surface area contributed by atoms with Gasteiger partial charge in [-0.1, -0.05) is 22.9 Å². The summed E-state index contributed by atoms with van der Waals surface area (Å²) in [7, 11) is 0. The minimum absolute atomic E-state index is 0.108. The van der Waals surface area contributed by atoms with Crippen molar-refractivity contribution < 1.29 is 4.79 Å². The zero-order chi connectivity index (χ0) is 14.8. The maximum Gasteiger partial charge on any atom is 0.246 e. The summed E-state index contributed by atoms with van der Waals surface area (Å²) in [6.45, 7) is 5.79. The van der Waals surface area contributed by atoms with Gasteiger partial charge in [0, 0.05) is 5.69 Å². The Morgan fingerprint density at radius 1 is 1.35 bits per heavy atom. The van der Waals surface area contributed by atoms with Crippen LogP contribution in [-0.4, -0.2) is 20.9 Å². The number of carbonyl (C=O) groups excluding carboxylic acids is 1. The van der Waals surface area contributed by atoms with Crippen molar-refractivity contribution in [3.05, 3.63) is 41.7 Å². The smallest absolute Gasteiger partial charge is 0.246 e. The van der Waals surface area contributed by atoms with Crippen LogP contribution in [0.3, 0.4) is 0 Å². The average molecular weight is 273 g/mol. The van der Waals surface area contributed by atoms with Gasteiger partial charge in [-0.05, 0) is 32.9 Å². The topological polar surface area (TPSA) is 85.8 Å². The van der Waals surface area contributed by atoms with E-state index < -0.39 is 5.54 Å². The second-order valence-electron chi connectivity index (χ2n) is 5.44. The second kappa shape index (κ2) is 5.42. The molecule has 0 saturated carbocycles. The molecule has 6 heteroatoms. The first-order valence-electron chi connectivity index (χ1n) is 6.40. The van der Waals surface area contributed by atoms with E-state index in [1.165, 1.54) is 4.68 Å². The largest absolute Gasteiger partial charge is 0.324 e. The molecule has 1 aromatic carbocycles. The molecule has 0 saturated heterocycles. The number of hydrogen-bond acceptors (Lipinski definition) is 4. The molecule has 3 N–H and O–H groups in total. The first-order chi connectivity index (χ1) is 9.34. The monoisotopic (exact) mass is 273 g/mol. The van der Waals surface area contributed by atoms with Gasteiger partial charge in [0.25, 0.3) is 0 Å². The highest BCUT2D eigenvalue weighted by Crippen LogP contribution is 2.12. The van der Waals surface area contributed by atoms with E-state index >= 15 is 0 Å². The summed E-state index contributed by atoms with van der Waals surface area (Å²) in [5.41, 5.74) is 7.92. The number of aromatic nitrogens is 3. The number of aryl methyl sites for hydroxylation is 1. The van der Waals surface area contributed by atoms with E-state index in [2.05, 4.69) is 15.6 Å². The third kappa shape index (κ3) is 3.64. The zero-order valence-corrected chi connectivity index (χ0v) is 11.9. The number of rotatable bonds is 4. The molecule has 106 valence electrons. The van der Waals surface area contributed by atoms with Crippen molar-refractivity contribution in [3.8, 4) is 0 Å². The van der Waals surface area contributed by atoms with Crippen molar-refractivity contribution in [2.75, 3.05) is 5.32 Å². The first kappa shape index (κ1) is 14.2. The normalized spacial score (nSPS) is 11.4. The number of hydrogen-bond donors (Lipinski definition) is 2. The quantitative estimate of drug-likeness (QED) is 0.882. The van der Waals surface area contributed by atoms with Gasteiger partial charge in [-0.25, -0.2) is 4.68 Å². The molecule has 0 bridgehead atoms. The second-order valence-corrected chi connectivity index (χ2v) is 5.44. The predicted molar refractivity (Wildman–Crippen MR) is 77.0 cm³/mol. The zero-order valence-electron chi connectivity index (χ0n) is 11.9. The van der Waals surface area contributed by atoms with Crippen LogP contribution in [0.25, 0.3) is 0 Å². The molecule has 0 aliphatic carbocycles. The van der Waals surface area contributed by atoms with Gasteiger partial charge in [0.2, 0.25) is 5.91 Å². The maximum absolute atomic E-state index is 11.9. The van der Waals surface area contributed by atoms with Crippen molar-refractivity contribution in [2.45, 2.75) is 32.9 Å². The Morgan fingerprint density at radius 3 is 2.55 bits per heavy atom. The highest BCUT2D eigenvalue weighted by atomic mass is 16.2. The molecule has 20 heavy (non-hydrogen) atoms. The fourth-order valence-corrected chi connectivity index (χ4v) is 1.66. The Morgan fingerprint density at radius 2 is 2.00 bits per heavy atom. The van der Waals surface area contributed by atoms with Gasteiger partial charge in [0.1, 0.15) is 12.2 Å². The average Bonchev–Trinajstić information content (AvgIpc) is 2.80. The molecule has 0 unspecified atom stereocenters. The summed E-state index contributed by atoms with van der Waals surface area (Å²) in [4.78, 5) is 11.9. The lowest BCUT2D eigenvalue weighted by Crippen LogP contribution is -2.29. The van der Waals surface area contributed by atoms with Gasteiger partial charge in [-0.15, -0.1) is 5.10 Å². The SMILES string of the molecule is Cc1ccc(NC(=O)Cn2cc(C(C)(C)N)nn2)cc1. The predicted octanol–water partition coefficient (Wildman–Crippen LogP) is 1.42. The van der Waals surface area contributed by atoms with Gasteiger partial charge < -0.3 is 11.1 Å². The number of carbonyl (C=O) groups is 1.